The highest BCUT2D eigenvalue weighted by atomic mass is 16.7. The molecule has 0 bridgehead atoms. The van der Waals surface area contributed by atoms with Crippen molar-refractivity contribution in [2.24, 2.45) is 0 Å². The Labute approximate surface area is 132 Å². The zero-order valence-electron chi connectivity index (χ0n) is 13.4. The van der Waals surface area contributed by atoms with Crippen LogP contribution in [0.4, 0.5) is 0 Å². The van der Waals surface area contributed by atoms with Gasteiger partial charge in [-0.1, -0.05) is 36.8 Å². The first-order chi connectivity index (χ1) is 10.7. The van der Waals surface area contributed by atoms with Crippen molar-refractivity contribution in [3.05, 3.63) is 53.8 Å². The Hall–Kier alpha value is -2.03. The van der Waals surface area contributed by atoms with Gasteiger partial charge in [0.05, 0.1) is 0 Å². The fourth-order valence-electron chi connectivity index (χ4n) is 2.97. The third-order valence-corrected chi connectivity index (χ3v) is 4.08. The largest absolute Gasteiger partial charge is 0.452 e. The number of nitrogens with zero attached hydrogens (tertiary/aromatic N) is 1. The van der Waals surface area contributed by atoms with Gasteiger partial charge in [0.1, 0.15) is 25.6 Å². The predicted molar refractivity (Wildman–Crippen MR) is 88.7 cm³/mol. The van der Waals surface area contributed by atoms with E-state index in [0.29, 0.717) is 0 Å². The van der Waals surface area contributed by atoms with Gasteiger partial charge in [0.25, 0.3) is 5.79 Å². The molecular formula is C19H24NO2+. The molecule has 1 aromatic rings. The Kier molecular flexibility index (Phi) is 4.32. The van der Waals surface area contributed by atoms with E-state index in [1.807, 2.05) is 55.2 Å². The normalized spacial score (nSPS) is 21.7. The van der Waals surface area contributed by atoms with Crippen molar-refractivity contribution in [3.63, 3.8) is 0 Å². The van der Waals surface area contributed by atoms with Gasteiger partial charge in [-0.3, -0.25) is 0 Å². The lowest BCUT2D eigenvalue weighted by Crippen LogP contribution is -2.39. The Morgan fingerprint density at radius 2 is 1.73 bits per heavy atom. The van der Waals surface area contributed by atoms with E-state index in [2.05, 4.69) is 12.1 Å². The van der Waals surface area contributed by atoms with E-state index >= 15 is 0 Å². The first kappa shape index (κ1) is 14.9. The molecule has 22 heavy (non-hydrogen) atoms. The SMILES string of the molecule is C[N+](C)=CC=C1C=C(c2ccccc2)OC2(CCCCC2)O1. The average molecular weight is 298 g/mol. The van der Waals surface area contributed by atoms with Crippen LogP contribution in [0.5, 0.6) is 0 Å². The Balaban J connectivity index is 1.96. The second-order valence-corrected chi connectivity index (χ2v) is 6.23. The first-order valence-corrected chi connectivity index (χ1v) is 8.04. The fraction of sp³-hybridized carbons (Fsp3) is 0.421. The van der Waals surface area contributed by atoms with Crippen LogP contribution in [0, 0.1) is 0 Å². The molecule has 1 aromatic carbocycles. The average Bonchev–Trinajstić information content (AvgIpc) is 2.54. The van der Waals surface area contributed by atoms with E-state index in [4.69, 9.17) is 9.47 Å². The molecule has 0 atom stereocenters. The molecule has 1 heterocycles. The number of rotatable bonds is 2. The summed E-state index contributed by atoms with van der Waals surface area (Å²) in [5.74, 6) is 1.30. The third-order valence-electron chi connectivity index (χ3n) is 4.08. The van der Waals surface area contributed by atoms with E-state index in [1.165, 1.54) is 6.42 Å². The van der Waals surface area contributed by atoms with Crippen molar-refractivity contribution >= 4 is 12.0 Å². The summed E-state index contributed by atoms with van der Waals surface area (Å²) in [6.45, 7) is 0. The topological polar surface area (TPSA) is 21.5 Å². The van der Waals surface area contributed by atoms with Crippen molar-refractivity contribution in [1.82, 2.24) is 0 Å². The van der Waals surface area contributed by atoms with Gasteiger partial charge in [-0.05, 0) is 12.8 Å². The van der Waals surface area contributed by atoms with E-state index < -0.39 is 5.79 Å². The number of hydrogen-bond donors (Lipinski definition) is 0. The Bertz CT molecular complexity index is 604. The van der Waals surface area contributed by atoms with Gasteiger partial charge in [-0.2, -0.15) is 0 Å². The lowest BCUT2D eigenvalue weighted by Gasteiger charge is -2.41. The van der Waals surface area contributed by atoms with E-state index in [1.54, 1.807) is 0 Å². The summed E-state index contributed by atoms with van der Waals surface area (Å²) in [6, 6.07) is 10.3. The fourth-order valence-corrected chi connectivity index (χ4v) is 2.97. The van der Waals surface area contributed by atoms with Crippen molar-refractivity contribution in [3.8, 4) is 0 Å². The van der Waals surface area contributed by atoms with Crippen LogP contribution >= 0.6 is 0 Å². The maximum absolute atomic E-state index is 6.31. The van der Waals surface area contributed by atoms with Crippen LogP contribution in [0.15, 0.2) is 48.2 Å². The predicted octanol–water partition coefficient (Wildman–Crippen LogP) is 3.96. The minimum Gasteiger partial charge on any atom is -0.452 e. The lowest BCUT2D eigenvalue weighted by atomic mass is 9.93. The Morgan fingerprint density at radius 3 is 2.41 bits per heavy atom. The second-order valence-electron chi connectivity index (χ2n) is 6.23. The zero-order chi connectivity index (χ0) is 15.4. The second kappa shape index (κ2) is 6.39. The van der Waals surface area contributed by atoms with Crippen molar-refractivity contribution in [2.45, 2.75) is 37.9 Å². The van der Waals surface area contributed by atoms with Crippen LogP contribution in [0.2, 0.25) is 0 Å². The van der Waals surface area contributed by atoms with Gasteiger partial charge >= 0.3 is 0 Å². The minimum atomic E-state index is -0.482. The number of allylic oxidation sites excluding steroid dienone is 2. The molecule has 1 saturated carbocycles. The molecule has 3 rings (SSSR count). The Morgan fingerprint density at radius 1 is 1.00 bits per heavy atom. The van der Waals surface area contributed by atoms with Crippen molar-refractivity contribution < 1.29 is 14.0 Å². The van der Waals surface area contributed by atoms with Gasteiger partial charge < -0.3 is 9.47 Å². The van der Waals surface area contributed by atoms with Gasteiger partial charge in [-0.15, -0.1) is 0 Å². The first-order valence-electron chi connectivity index (χ1n) is 8.04. The van der Waals surface area contributed by atoms with Gasteiger partial charge in [0, 0.05) is 30.6 Å². The summed E-state index contributed by atoms with van der Waals surface area (Å²) in [4.78, 5) is 0. The molecule has 1 aliphatic heterocycles. The van der Waals surface area contributed by atoms with E-state index in [-0.39, 0.29) is 0 Å². The highest BCUT2D eigenvalue weighted by molar-refractivity contribution is 5.71. The molecule has 116 valence electrons. The lowest BCUT2D eigenvalue weighted by molar-refractivity contribution is -0.458. The highest BCUT2D eigenvalue weighted by Crippen LogP contribution is 2.41. The van der Waals surface area contributed by atoms with Crippen LogP contribution in [0.25, 0.3) is 5.76 Å². The van der Waals surface area contributed by atoms with Crippen LogP contribution in [0.3, 0.4) is 0 Å². The monoisotopic (exact) mass is 298 g/mol. The third kappa shape index (κ3) is 3.41. The summed E-state index contributed by atoms with van der Waals surface area (Å²) in [7, 11) is 4.02. The molecule has 2 aliphatic rings. The molecule has 3 heteroatoms. The molecule has 0 N–H and O–H groups in total. The number of benzene rings is 1. The molecule has 1 spiro atoms. The molecule has 1 aliphatic carbocycles. The van der Waals surface area contributed by atoms with Crippen LogP contribution in [-0.2, 0) is 9.47 Å². The molecular weight excluding hydrogens is 274 g/mol. The van der Waals surface area contributed by atoms with Crippen molar-refractivity contribution in [2.75, 3.05) is 14.1 Å². The quantitative estimate of drug-likeness (QED) is 0.609. The molecule has 0 radical (unpaired) electrons. The van der Waals surface area contributed by atoms with Crippen LogP contribution in [-0.4, -0.2) is 30.7 Å². The molecule has 0 aromatic heterocycles. The summed E-state index contributed by atoms with van der Waals surface area (Å²) >= 11 is 0. The molecule has 0 amide bonds. The van der Waals surface area contributed by atoms with Gasteiger partial charge in [0.2, 0.25) is 0 Å². The summed E-state index contributed by atoms with van der Waals surface area (Å²) in [5, 5.41) is 0. The van der Waals surface area contributed by atoms with Crippen LogP contribution < -0.4 is 0 Å². The summed E-state index contributed by atoms with van der Waals surface area (Å²) in [6.07, 6.45) is 11.5. The van der Waals surface area contributed by atoms with Crippen LogP contribution in [0.1, 0.15) is 37.7 Å². The standard InChI is InChI=1S/C19H24NO2/c1-20(2)14-11-17-15-18(16-9-5-3-6-10-16)22-19(21-17)12-7-4-8-13-19/h3,5-6,9-11,14-15H,4,7-8,12-13H2,1-2H3/q+1. The number of hydrogen-bond acceptors (Lipinski definition) is 2. The van der Waals surface area contributed by atoms with E-state index in [0.717, 1.165) is 42.8 Å². The zero-order valence-corrected chi connectivity index (χ0v) is 13.4. The highest BCUT2D eigenvalue weighted by Gasteiger charge is 2.40. The molecule has 0 unspecified atom stereocenters. The maximum Gasteiger partial charge on any atom is 0.251 e. The van der Waals surface area contributed by atoms with Gasteiger partial charge in [-0.25, -0.2) is 4.58 Å². The van der Waals surface area contributed by atoms with Gasteiger partial charge in [0.15, 0.2) is 6.21 Å². The molecule has 3 nitrogen and oxygen atoms in total. The summed E-state index contributed by atoms with van der Waals surface area (Å²) < 4.78 is 14.5. The van der Waals surface area contributed by atoms with Crippen molar-refractivity contribution in [1.29, 1.82) is 0 Å². The van der Waals surface area contributed by atoms with E-state index in [9.17, 15) is 0 Å². The maximum atomic E-state index is 6.31. The minimum absolute atomic E-state index is 0.482. The smallest absolute Gasteiger partial charge is 0.251 e. The summed E-state index contributed by atoms with van der Waals surface area (Å²) in [5.41, 5.74) is 1.10. The molecule has 1 fully saturated rings. The number of ether oxygens (including phenoxy) is 2. The molecule has 0 saturated heterocycles.